The normalized spacial score (nSPS) is 23.9. The van der Waals surface area contributed by atoms with E-state index >= 15 is 0 Å². The summed E-state index contributed by atoms with van der Waals surface area (Å²) in [4.78, 5) is 30.7. The summed E-state index contributed by atoms with van der Waals surface area (Å²) >= 11 is 0. The number of aryl methyl sites for hydroxylation is 1. The van der Waals surface area contributed by atoms with E-state index in [1.165, 1.54) is 17.2 Å². The number of H-pyrrole nitrogens is 1. The molecule has 3 heterocycles. The van der Waals surface area contributed by atoms with Crippen LogP contribution in [0.15, 0.2) is 59.4 Å². The van der Waals surface area contributed by atoms with E-state index in [0.717, 1.165) is 25.0 Å². The molecular formula is C23H23N3O2. The van der Waals surface area contributed by atoms with Gasteiger partial charge in [0.1, 0.15) is 0 Å². The number of pyridine rings is 1. The maximum absolute atomic E-state index is 13.7. The highest BCUT2D eigenvalue weighted by Crippen LogP contribution is 2.44. The predicted octanol–water partition coefficient (Wildman–Crippen LogP) is 2.87. The van der Waals surface area contributed by atoms with Gasteiger partial charge in [-0.15, -0.1) is 0 Å². The summed E-state index contributed by atoms with van der Waals surface area (Å²) in [6.07, 6.45) is 0. The number of aromatic amines is 1. The van der Waals surface area contributed by atoms with Crippen LogP contribution in [0.2, 0.25) is 0 Å². The number of aromatic nitrogens is 1. The average Bonchev–Trinajstić information content (AvgIpc) is 3.28. The lowest BCUT2D eigenvalue weighted by Crippen LogP contribution is -2.35. The molecule has 2 aliphatic rings. The molecule has 0 bridgehead atoms. The lowest BCUT2D eigenvalue weighted by atomic mass is 9.87. The summed E-state index contributed by atoms with van der Waals surface area (Å²) < 4.78 is 0. The van der Waals surface area contributed by atoms with Crippen molar-refractivity contribution < 1.29 is 4.79 Å². The molecule has 28 heavy (non-hydrogen) atoms. The number of hydrogen-bond acceptors (Lipinski definition) is 3. The Morgan fingerprint density at radius 2 is 1.86 bits per heavy atom. The van der Waals surface area contributed by atoms with Gasteiger partial charge in [-0.25, -0.2) is 0 Å². The van der Waals surface area contributed by atoms with Gasteiger partial charge in [0.05, 0.1) is 11.6 Å². The summed E-state index contributed by atoms with van der Waals surface area (Å²) in [5.74, 6) is 0.796. The third-order valence-corrected chi connectivity index (χ3v) is 6.31. The number of benzene rings is 2. The van der Waals surface area contributed by atoms with Crippen LogP contribution in [0.3, 0.4) is 0 Å². The number of rotatable bonds is 2. The number of fused-ring (bicyclic) bond motifs is 2. The molecule has 2 N–H and O–H groups in total. The van der Waals surface area contributed by atoms with Gasteiger partial charge in [-0.05, 0) is 30.0 Å². The molecule has 1 amide bonds. The van der Waals surface area contributed by atoms with Gasteiger partial charge in [0, 0.05) is 42.5 Å². The molecule has 1 aromatic heterocycles. The number of nitrogens with one attached hydrogen (secondary N) is 2. The minimum atomic E-state index is -0.240. The van der Waals surface area contributed by atoms with Crippen LogP contribution in [0.4, 0.5) is 0 Å². The number of amides is 1. The standard InChI is InChI=1S/C23H23N3O2/c1-14-6-2-3-7-16(14)22-19-12-24-11-15(19)13-26(22)23(28)18-10-21(27)25-20-9-5-4-8-17(18)20/h2-10,15,19,22,24H,11-13H2,1H3,(H,25,27)/t15-,19-,22+/m0/s1. The molecule has 2 aliphatic heterocycles. The third kappa shape index (κ3) is 2.66. The fourth-order valence-corrected chi connectivity index (χ4v) is 4.98. The molecular weight excluding hydrogens is 350 g/mol. The SMILES string of the molecule is Cc1ccccc1[C@@H]1[C@H]2CNC[C@H]2CN1C(=O)c1cc(=O)[nH]c2ccccc12. The van der Waals surface area contributed by atoms with Gasteiger partial charge in [-0.2, -0.15) is 0 Å². The zero-order chi connectivity index (χ0) is 19.3. The molecule has 5 nitrogen and oxygen atoms in total. The van der Waals surface area contributed by atoms with Crippen LogP contribution in [-0.2, 0) is 0 Å². The number of carbonyl (C=O) groups excluding carboxylic acids is 1. The van der Waals surface area contributed by atoms with Crippen LogP contribution in [0.25, 0.3) is 10.9 Å². The molecule has 5 rings (SSSR count). The van der Waals surface area contributed by atoms with Crippen molar-refractivity contribution in [2.24, 2.45) is 11.8 Å². The zero-order valence-electron chi connectivity index (χ0n) is 15.8. The Morgan fingerprint density at radius 1 is 1.07 bits per heavy atom. The largest absolute Gasteiger partial charge is 0.331 e. The molecule has 0 radical (unpaired) electrons. The van der Waals surface area contributed by atoms with Crippen molar-refractivity contribution in [3.63, 3.8) is 0 Å². The van der Waals surface area contributed by atoms with E-state index in [0.29, 0.717) is 22.9 Å². The first kappa shape index (κ1) is 17.2. The van der Waals surface area contributed by atoms with Gasteiger partial charge in [-0.1, -0.05) is 42.5 Å². The van der Waals surface area contributed by atoms with Gasteiger partial charge < -0.3 is 15.2 Å². The lowest BCUT2D eigenvalue weighted by molar-refractivity contribution is 0.0715. The van der Waals surface area contributed by atoms with Crippen molar-refractivity contribution in [1.29, 1.82) is 0 Å². The highest BCUT2D eigenvalue weighted by atomic mass is 16.2. The van der Waals surface area contributed by atoms with E-state index in [2.05, 4.69) is 29.4 Å². The molecule has 2 saturated heterocycles. The maximum atomic E-state index is 13.7. The third-order valence-electron chi connectivity index (χ3n) is 6.31. The highest BCUT2D eigenvalue weighted by molar-refractivity contribution is 6.06. The zero-order valence-corrected chi connectivity index (χ0v) is 15.8. The molecule has 0 spiro atoms. The van der Waals surface area contributed by atoms with E-state index in [1.807, 2.05) is 41.3 Å². The quantitative estimate of drug-likeness (QED) is 0.726. The van der Waals surface area contributed by atoms with E-state index in [-0.39, 0.29) is 17.5 Å². The summed E-state index contributed by atoms with van der Waals surface area (Å²) in [5, 5.41) is 4.29. The smallest absolute Gasteiger partial charge is 0.255 e. The summed E-state index contributed by atoms with van der Waals surface area (Å²) in [6.45, 7) is 4.68. The van der Waals surface area contributed by atoms with Gasteiger partial charge in [0.15, 0.2) is 0 Å². The molecule has 0 aliphatic carbocycles. The molecule has 142 valence electrons. The minimum absolute atomic E-state index is 0.0340. The number of carbonyl (C=O) groups is 1. The molecule has 0 saturated carbocycles. The fraction of sp³-hybridized carbons (Fsp3) is 0.304. The van der Waals surface area contributed by atoms with E-state index < -0.39 is 0 Å². The predicted molar refractivity (Wildman–Crippen MR) is 109 cm³/mol. The van der Waals surface area contributed by atoms with Crippen molar-refractivity contribution in [2.45, 2.75) is 13.0 Å². The van der Waals surface area contributed by atoms with E-state index in [4.69, 9.17) is 0 Å². The molecule has 3 aromatic rings. The number of nitrogens with zero attached hydrogens (tertiary/aromatic N) is 1. The van der Waals surface area contributed by atoms with Gasteiger partial charge in [-0.3, -0.25) is 9.59 Å². The molecule has 5 heteroatoms. The van der Waals surface area contributed by atoms with Gasteiger partial charge in [0.25, 0.3) is 5.91 Å². The van der Waals surface area contributed by atoms with Gasteiger partial charge in [0.2, 0.25) is 5.56 Å². The van der Waals surface area contributed by atoms with Crippen LogP contribution in [0.1, 0.15) is 27.5 Å². The van der Waals surface area contributed by atoms with Crippen LogP contribution in [0.5, 0.6) is 0 Å². The Hall–Kier alpha value is -2.92. The first-order valence-corrected chi connectivity index (χ1v) is 9.83. The number of hydrogen-bond donors (Lipinski definition) is 2. The summed E-state index contributed by atoms with van der Waals surface area (Å²) in [6, 6.07) is 17.3. The molecule has 3 atom stereocenters. The lowest BCUT2D eigenvalue weighted by Gasteiger charge is -2.30. The summed E-state index contributed by atoms with van der Waals surface area (Å²) in [7, 11) is 0. The fourth-order valence-electron chi connectivity index (χ4n) is 4.98. The topological polar surface area (TPSA) is 65.2 Å². The second-order valence-electron chi connectivity index (χ2n) is 7.93. The molecule has 0 unspecified atom stereocenters. The van der Waals surface area contributed by atoms with Crippen molar-refractivity contribution in [3.8, 4) is 0 Å². The Bertz CT molecular complexity index is 1120. The Morgan fingerprint density at radius 3 is 2.71 bits per heavy atom. The number of para-hydroxylation sites is 1. The number of likely N-dealkylation sites (tertiary alicyclic amines) is 1. The van der Waals surface area contributed by atoms with Crippen molar-refractivity contribution in [2.75, 3.05) is 19.6 Å². The molecule has 2 aromatic carbocycles. The van der Waals surface area contributed by atoms with Crippen LogP contribution >= 0.6 is 0 Å². The molecule has 2 fully saturated rings. The monoisotopic (exact) mass is 373 g/mol. The summed E-state index contributed by atoms with van der Waals surface area (Å²) in [5.41, 5.74) is 3.36. The average molecular weight is 373 g/mol. The maximum Gasteiger partial charge on any atom is 0.255 e. The minimum Gasteiger partial charge on any atom is -0.331 e. The second kappa shape index (κ2) is 6.60. The Balaban J connectivity index is 1.63. The Labute approximate surface area is 163 Å². The van der Waals surface area contributed by atoms with Crippen LogP contribution < -0.4 is 10.9 Å². The van der Waals surface area contributed by atoms with E-state index in [1.54, 1.807) is 0 Å². The van der Waals surface area contributed by atoms with Crippen molar-refractivity contribution in [1.82, 2.24) is 15.2 Å². The van der Waals surface area contributed by atoms with Gasteiger partial charge >= 0.3 is 0 Å². The van der Waals surface area contributed by atoms with Crippen molar-refractivity contribution >= 4 is 16.8 Å². The Kier molecular flexibility index (Phi) is 4.05. The highest BCUT2D eigenvalue weighted by Gasteiger charge is 2.47. The van der Waals surface area contributed by atoms with Crippen molar-refractivity contribution in [3.05, 3.63) is 81.6 Å². The first-order chi connectivity index (χ1) is 13.6. The van der Waals surface area contributed by atoms with Crippen LogP contribution in [0, 0.1) is 18.8 Å². The van der Waals surface area contributed by atoms with Crippen LogP contribution in [-0.4, -0.2) is 35.4 Å². The van der Waals surface area contributed by atoms with E-state index in [9.17, 15) is 9.59 Å². The first-order valence-electron chi connectivity index (χ1n) is 9.83. The second-order valence-corrected chi connectivity index (χ2v) is 7.93.